The lowest BCUT2D eigenvalue weighted by Gasteiger charge is -2.03. The molecule has 0 aliphatic rings. The maximum Gasteiger partial charge on any atom is 0.276 e. The lowest BCUT2D eigenvalue weighted by atomic mass is 10.1. The van der Waals surface area contributed by atoms with E-state index in [9.17, 15) is 4.79 Å². The van der Waals surface area contributed by atoms with E-state index in [0.717, 1.165) is 5.56 Å². The number of amides is 1. The molecule has 0 bridgehead atoms. The Bertz CT molecular complexity index is 624. The third-order valence-electron chi connectivity index (χ3n) is 2.48. The molecular formula is C16H13NO2. The summed E-state index contributed by atoms with van der Waals surface area (Å²) in [5.74, 6) is 5.72. The van der Waals surface area contributed by atoms with Crippen LogP contribution in [0.3, 0.4) is 0 Å². The van der Waals surface area contributed by atoms with E-state index < -0.39 is 0 Å². The molecule has 1 amide bonds. The van der Waals surface area contributed by atoms with Crippen molar-refractivity contribution in [2.75, 3.05) is 7.11 Å². The van der Waals surface area contributed by atoms with E-state index in [1.807, 2.05) is 36.4 Å². The van der Waals surface area contributed by atoms with E-state index in [0.29, 0.717) is 11.1 Å². The van der Waals surface area contributed by atoms with Crippen LogP contribution in [-0.2, 0) is 4.84 Å². The van der Waals surface area contributed by atoms with E-state index in [1.54, 1.807) is 18.2 Å². The van der Waals surface area contributed by atoms with Gasteiger partial charge in [0.25, 0.3) is 5.91 Å². The average Bonchev–Trinajstić information content (AvgIpc) is 2.47. The van der Waals surface area contributed by atoms with E-state index in [1.165, 1.54) is 7.11 Å². The fourth-order valence-corrected chi connectivity index (χ4v) is 1.60. The van der Waals surface area contributed by atoms with E-state index in [4.69, 9.17) is 0 Å². The largest absolute Gasteiger partial charge is 0.277 e. The van der Waals surface area contributed by atoms with Crippen molar-refractivity contribution in [3.63, 3.8) is 0 Å². The number of carbonyl (C=O) groups excluding carboxylic acids is 1. The summed E-state index contributed by atoms with van der Waals surface area (Å²) in [7, 11) is 1.40. The number of hydrogen-bond acceptors (Lipinski definition) is 2. The predicted molar refractivity (Wildman–Crippen MR) is 73.3 cm³/mol. The number of rotatable bonds is 2. The molecule has 0 saturated heterocycles. The third kappa shape index (κ3) is 3.44. The van der Waals surface area contributed by atoms with Gasteiger partial charge in [-0.15, -0.1) is 0 Å². The Morgan fingerprint density at radius 1 is 1.00 bits per heavy atom. The predicted octanol–water partition coefficient (Wildman–Crippen LogP) is 2.38. The summed E-state index contributed by atoms with van der Waals surface area (Å²) in [5, 5.41) is 0. The minimum atomic E-state index is -0.305. The van der Waals surface area contributed by atoms with Gasteiger partial charge in [0.15, 0.2) is 0 Å². The van der Waals surface area contributed by atoms with Crippen LogP contribution in [0.1, 0.15) is 21.5 Å². The van der Waals surface area contributed by atoms with E-state index >= 15 is 0 Å². The number of carbonyl (C=O) groups is 1. The van der Waals surface area contributed by atoms with E-state index in [-0.39, 0.29) is 5.91 Å². The molecule has 0 aliphatic carbocycles. The molecule has 0 unspecified atom stereocenters. The molecule has 0 aliphatic heterocycles. The van der Waals surface area contributed by atoms with Crippen LogP contribution in [0.25, 0.3) is 0 Å². The smallest absolute Gasteiger partial charge is 0.276 e. The molecule has 3 nitrogen and oxygen atoms in total. The first-order valence-corrected chi connectivity index (χ1v) is 5.80. The Morgan fingerprint density at radius 3 is 2.42 bits per heavy atom. The van der Waals surface area contributed by atoms with Crippen LogP contribution in [0.5, 0.6) is 0 Å². The van der Waals surface area contributed by atoms with E-state index in [2.05, 4.69) is 22.2 Å². The fraction of sp³-hybridized carbons (Fsp3) is 0.0625. The first-order valence-electron chi connectivity index (χ1n) is 5.80. The second-order valence-electron chi connectivity index (χ2n) is 3.80. The average molecular weight is 251 g/mol. The Labute approximate surface area is 112 Å². The number of benzene rings is 2. The van der Waals surface area contributed by atoms with Crippen molar-refractivity contribution in [1.29, 1.82) is 0 Å². The molecule has 19 heavy (non-hydrogen) atoms. The summed E-state index contributed by atoms with van der Waals surface area (Å²) in [4.78, 5) is 16.4. The van der Waals surface area contributed by atoms with Crippen molar-refractivity contribution in [2.24, 2.45) is 0 Å². The third-order valence-corrected chi connectivity index (χ3v) is 2.48. The van der Waals surface area contributed by atoms with Gasteiger partial charge in [0, 0.05) is 11.1 Å². The van der Waals surface area contributed by atoms with Gasteiger partial charge in [-0.3, -0.25) is 9.63 Å². The highest BCUT2D eigenvalue weighted by atomic mass is 16.6. The van der Waals surface area contributed by atoms with Crippen LogP contribution < -0.4 is 5.48 Å². The van der Waals surface area contributed by atoms with Crippen molar-refractivity contribution in [3.8, 4) is 11.8 Å². The number of hydrogen-bond donors (Lipinski definition) is 1. The Hall–Kier alpha value is -2.57. The van der Waals surface area contributed by atoms with Gasteiger partial charge >= 0.3 is 0 Å². The molecule has 0 aromatic heterocycles. The lowest BCUT2D eigenvalue weighted by Crippen LogP contribution is -2.22. The summed E-state index contributed by atoms with van der Waals surface area (Å²) in [6.45, 7) is 0. The van der Waals surface area contributed by atoms with Gasteiger partial charge in [-0.05, 0) is 24.3 Å². The van der Waals surface area contributed by atoms with Crippen molar-refractivity contribution < 1.29 is 9.63 Å². The summed E-state index contributed by atoms with van der Waals surface area (Å²) < 4.78 is 0. The Morgan fingerprint density at radius 2 is 1.68 bits per heavy atom. The first-order chi connectivity index (χ1) is 9.31. The molecule has 2 aromatic carbocycles. The van der Waals surface area contributed by atoms with Crippen LogP contribution in [0.4, 0.5) is 0 Å². The van der Waals surface area contributed by atoms with Crippen LogP contribution in [0.15, 0.2) is 54.6 Å². The topological polar surface area (TPSA) is 38.3 Å². The standard InChI is InChI=1S/C16H13NO2/c1-19-17-16(18)15-10-6-5-9-14(15)12-11-13-7-3-2-4-8-13/h2-10H,1H3,(H,17,18). The maximum absolute atomic E-state index is 11.8. The summed E-state index contributed by atoms with van der Waals surface area (Å²) >= 11 is 0. The fourth-order valence-electron chi connectivity index (χ4n) is 1.60. The molecule has 1 N–H and O–H groups in total. The number of hydroxylamine groups is 1. The molecule has 0 heterocycles. The van der Waals surface area contributed by atoms with Crippen molar-refractivity contribution in [1.82, 2.24) is 5.48 Å². The molecule has 2 aromatic rings. The molecule has 0 atom stereocenters. The van der Waals surface area contributed by atoms with Crippen molar-refractivity contribution >= 4 is 5.91 Å². The highest BCUT2D eigenvalue weighted by Crippen LogP contribution is 2.07. The minimum Gasteiger partial charge on any atom is -0.277 e. The second kappa shape index (κ2) is 6.39. The van der Waals surface area contributed by atoms with Gasteiger partial charge in [-0.25, -0.2) is 5.48 Å². The van der Waals surface area contributed by atoms with Crippen molar-refractivity contribution in [2.45, 2.75) is 0 Å². The first kappa shape index (κ1) is 12.9. The molecular weight excluding hydrogens is 238 g/mol. The second-order valence-corrected chi connectivity index (χ2v) is 3.80. The molecule has 0 fully saturated rings. The van der Waals surface area contributed by atoms with Crippen LogP contribution >= 0.6 is 0 Å². The highest BCUT2D eigenvalue weighted by molar-refractivity contribution is 5.96. The SMILES string of the molecule is CONC(=O)c1ccccc1C#Cc1ccccc1. The van der Waals surface area contributed by atoms with Gasteiger partial charge in [0.05, 0.1) is 12.7 Å². The zero-order valence-electron chi connectivity index (χ0n) is 10.5. The monoisotopic (exact) mass is 251 g/mol. The van der Waals surface area contributed by atoms with Crippen LogP contribution in [-0.4, -0.2) is 13.0 Å². The normalized spacial score (nSPS) is 9.32. The molecule has 3 heteroatoms. The molecule has 94 valence electrons. The quantitative estimate of drug-likeness (QED) is 0.657. The summed E-state index contributed by atoms with van der Waals surface area (Å²) in [6.07, 6.45) is 0. The Balaban J connectivity index is 2.31. The zero-order valence-corrected chi connectivity index (χ0v) is 10.5. The van der Waals surface area contributed by atoms with Gasteiger partial charge in [0.1, 0.15) is 0 Å². The number of nitrogens with one attached hydrogen (secondary N) is 1. The summed E-state index contributed by atoms with van der Waals surface area (Å²) in [5.41, 5.74) is 4.36. The van der Waals surface area contributed by atoms with Gasteiger partial charge in [0.2, 0.25) is 0 Å². The highest BCUT2D eigenvalue weighted by Gasteiger charge is 2.08. The minimum absolute atomic E-state index is 0.305. The Kier molecular flexibility index (Phi) is 4.33. The van der Waals surface area contributed by atoms with Crippen LogP contribution in [0.2, 0.25) is 0 Å². The van der Waals surface area contributed by atoms with Gasteiger partial charge < -0.3 is 0 Å². The molecule has 2 rings (SSSR count). The van der Waals surface area contributed by atoms with Gasteiger partial charge in [-0.1, -0.05) is 42.2 Å². The molecule has 0 radical (unpaired) electrons. The van der Waals surface area contributed by atoms with Crippen molar-refractivity contribution in [3.05, 3.63) is 71.3 Å². The molecule has 0 spiro atoms. The van der Waals surface area contributed by atoms with Crippen LogP contribution in [0, 0.1) is 11.8 Å². The summed E-state index contributed by atoms with van der Waals surface area (Å²) in [6, 6.07) is 16.8. The molecule has 0 saturated carbocycles. The van der Waals surface area contributed by atoms with Gasteiger partial charge in [-0.2, -0.15) is 0 Å². The zero-order chi connectivity index (χ0) is 13.5. The maximum atomic E-state index is 11.8. The lowest BCUT2D eigenvalue weighted by molar-refractivity contribution is 0.0537.